The van der Waals surface area contributed by atoms with Gasteiger partial charge in [0, 0.05) is 23.8 Å². The fraction of sp³-hybridized carbons (Fsp3) is 0.115. The third-order valence-corrected chi connectivity index (χ3v) is 6.79. The summed E-state index contributed by atoms with van der Waals surface area (Å²) in [5.74, 6) is 0.404. The summed E-state index contributed by atoms with van der Waals surface area (Å²) in [5, 5.41) is 10.9. The molecule has 4 aromatic rings. The molecule has 0 saturated carbocycles. The minimum atomic E-state index is -0.677. The molecule has 0 saturated heterocycles. The van der Waals surface area contributed by atoms with Gasteiger partial charge in [-0.1, -0.05) is 41.7 Å². The van der Waals surface area contributed by atoms with Crippen molar-refractivity contribution < 1.29 is 18.9 Å². The Bertz CT molecular complexity index is 1690. The molecule has 1 unspecified atom stereocenters. The van der Waals surface area contributed by atoms with Crippen molar-refractivity contribution in [1.29, 1.82) is 0 Å². The van der Waals surface area contributed by atoms with Crippen LogP contribution in [0.25, 0.3) is 17.4 Å². The Morgan fingerprint density at radius 2 is 1.86 bits per heavy atom. The lowest BCUT2D eigenvalue weighted by Gasteiger charge is -2.24. The zero-order valence-corrected chi connectivity index (χ0v) is 20.0. The third-order valence-electron chi connectivity index (χ3n) is 5.81. The van der Waals surface area contributed by atoms with E-state index < -0.39 is 16.9 Å². The Balaban J connectivity index is 1.59. The van der Waals surface area contributed by atoms with Crippen molar-refractivity contribution >= 4 is 29.1 Å². The average Bonchev–Trinajstić information content (AvgIpc) is 3.48. The number of benzene rings is 2. The zero-order valence-electron chi connectivity index (χ0n) is 19.2. The molecule has 0 fully saturated rings. The average molecular weight is 502 g/mol. The Hall–Kier alpha value is -4.57. The summed E-state index contributed by atoms with van der Waals surface area (Å²) in [6, 6.07) is 18.0. The van der Waals surface area contributed by atoms with Crippen molar-refractivity contribution in [3.05, 3.63) is 119 Å². The normalized spacial score (nSPS) is 15.4. The van der Waals surface area contributed by atoms with Gasteiger partial charge in [-0.3, -0.25) is 19.5 Å². The number of aromatic nitrogens is 1. The van der Waals surface area contributed by atoms with Crippen LogP contribution in [0.4, 0.5) is 5.69 Å². The highest BCUT2D eigenvalue weighted by atomic mass is 32.1. The van der Waals surface area contributed by atoms with Crippen LogP contribution >= 0.6 is 11.3 Å². The molecule has 0 spiro atoms. The third kappa shape index (κ3) is 4.07. The highest BCUT2D eigenvalue weighted by molar-refractivity contribution is 7.07. The van der Waals surface area contributed by atoms with E-state index in [2.05, 4.69) is 4.99 Å². The fourth-order valence-corrected chi connectivity index (χ4v) is 5.13. The van der Waals surface area contributed by atoms with E-state index in [9.17, 15) is 19.7 Å². The van der Waals surface area contributed by atoms with E-state index in [1.54, 1.807) is 37.3 Å². The van der Waals surface area contributed by atoms with Crippen LogP contribution in [0.15, 0.2) is 92.2 Å². The Labute approximate surface area is 208 Å². The lowest BCUT2D eigenvalue weighted by atomic mass is 9.96. The molecule has 1 aliphatic heterocycles. The number of nitro groups is 1. The van der Waals surface area contributed by atoms with Crippen LogP contribution in [0.1, 0.15) is 24.3 Å². The molecule has 36 heavy (non-hydrogen) atoms. The van der Waals surface area contributed by atoms with Crippen molar-refractivity contribution in [3.63, 3.8) is 0 Å². The van der Waals surface area contributed by atoms with Gasteiger partial charge in [0.15, 0.2) is 4.80 Å². The van der Waals surface area contributed by atoms with Crippen LogP contribution in [0.3, 0.4) is 0 Å². The molecular formula is C26H19N3O6S. The maximum absolute atomic E-state index is 13.5. The number of esters is 1. The molecule has 2 aromatic carbocycles. The first kappa shape index (κ1) is 23.2. The van der Waals surface area contributed by atoms with E-state index in [1.807, 2.05) is 30.3 Å². The van der Waals surface area contributed by atoms with Crippen LogP contribution in [0, 0.1) is 10.1 Å². The molecule has 3 heterocycles. The molecule has 0 bridgehead atoms. The molecule has 9 nitrogen and oxygen atoms in total. The van der Waals surface area contributed by atoms with Crippen LogP contribution in [-0.4, -0.2) is 22.6 Å². The summed E-state index contributed by atoms with van der Waals surface area (Å²) in [5.41, 5.74) is 1.90. The molecule has 2 aromatic heterocycles. The van der Waals surface area contributed by atoms with Gasteiger partial charge in [0.2, 0.25) is 0 Å². The Morgan fingerprint density at radius 1 is 1.14 bits per heavy atom. The number of carbonyl (C=O) groups is 1. The maximum Gasteiger partial charge on any atom is 0.338 e. The van der Waals surface area contributed by atoms with Crippen LogP contribution in [0.2, 0.25) is 0 Å². The van der Waals surface area contributed by atoms with Crippen molar-refractivity contribution in [1.82, 2.24) is 4.57 Å². The van der Waals surface area contributed by atoms with Crippen molar-refractivity contribution in [2.45, 2.75) is 13.0 Å². The van der Waals surface area contributed by atoms with Crippen LogP contribution in [0.5, 0.6) is 0 Å². The van der Waals surface area contributed by atoms with E-state index in [0.717, 1.165) is 5.56 Å². The highest BCUT2D eigenvalue weighted by Crippen LogP contribution is 2.30. The second-order valence-electron chi connectivity index (χ2n) is 7.99. The second kappa shape index (κ2) is 9.23. The first-order valence-corrected chi connectivity index (χ1v) is 11.7. The maximum atomic E-state index is 13.5. The van der Waals surface area contributed by atoms with Gasteiger partial charge in [-0.25, -0.2) is 9.79 Å². The summed E-state index contributed by atoms with van der Waals surface area (Å²) in [4.78, 5) is 41.6. The van der Waals surface area contributed by atoms with E-state index in [-0.39, 0.29) is 11.2 Å². The summed E-state index contributed by atoms with van der Waals surface area (Å²) < 4.78 is 12.8. The quantitative estimate of drug-likeness (QED) is 0.234. The van der Waals surface area contributed by atoms with E-state index in [1.165, 1.54) is 35.1 Å². The summed E-state index contributed by atoms with van der Waals surface area (Å²) in [7, 11) is 1.30. The molecule has 5 rings (SSSR count). The van der Waals surface area contributed by atoms with Gasteiger partial charge in [0.05, 0.1) is 33.9 Å². The second-order valence-corrected chi connectivity index (χ2v) is 9.00. The van der Waals surface area contributed by atoms with Crippen molar-refractivity contribution in [2.24, 2.45) is 4.99 Å². The number of non-ortho nitro benzene ring substituents is 1. The van der Waals surface area contributed by atoms with Gasteiger partial charge in [-0.2, -0.15) is 0 Å². The number of hydrogen-bond acceptors (Lipinski definition) is 8. The molecule has 10 heteroatoms. The number of methoxy groups -OCH3 is 1. The number of ether oxygens (including phenoxy) is 1. The van der Waals surface area contributed by atoms with E-state index >= 15 is 0 Å². The number of fused-ring (bicyclic) bond motifs is 1. The zero-order chi connectivity index (χ0) is 25.4. The van der Waals surface area contributed by atoms with Crippen LogP contribution in [-0.2, 0) is 9.53 Å². The van der Waals surface area contributed by atoms with Gasteiger partial charge < -0.3 is 9.15 Å². The predicted molar refractivity (Wildman–Crippen MR) is 133 cm³/mol. The van der Waals surface area contributed by atoms with Gasteiger partial charge in [-0.15, -0.1) is 0 Å². The summed E-state index contributed by atoms with van der Waals surface area (Å²) in [6.45, 7) is 1.72. The number of carbonyl (C=O) groups excluding carboxylic acids is 1. The lowest BCUT2D eigenvalue weighted by molar-refractivity contribution is -0.384. The minimum absolute atomic E-state index is 0.0128. The first-order valence-electron chi connectivity index (χ1n) is 10.9. The molecule has 0 aliphatic carbocycles. The predicted octanol–water partition coefficient (Wildman–Crippen LogP) is 3.58. The van der Waals surface area contributed by atoms with Crippen molar-refractivity contribution in [2.75, 3.05) is 7.11 Å². The monoisotopic (exact) mass is 501 g/mol. The molecule has 0 N–H and O–H groups in total. The van der Waals surface area contributed by atoms with Gasteiger partial charge in [-0.05, 0) is 36.8 Å². The van der Waals surface area contributed by atoms with E-state index in [0.29, 0.717) is 37.7 Å². The van der Waals surface area contributed by atoms with Crippen LogP contribution < -0.4 is 14.9 Å². The lowest BCUT2D eigenvalue weighted by Crippen LogP contribution is -2.39. The van der Waals surface area contributed by atoms with Crippen molar-refractivity contribution in [3.8, 4) is 11.3 Å². The number of rotatable bonds is 5. The number of thiazole rings is 1. The molecule has 0 radical (unpaired) electrons. The number of furan rings is 1. The topological polar surface area (TPSA) is 117 Å². The summed E-state index contributed by atoms with van der Waals surface area (Å²) in [6.07, 6.45) is 1.62. The molecule has 0 amide bonds. The molecule has 180 valence electrons. The number of nitro benzene ring substituents is 1. The number of hydrogen-bond donors (Lipinski definition) is 0. The number of allylic oxidation sites excluding steroid dienone is 1. The van der Waals surface area contributed by atoms with Gasteiger partial charge in [0.1, 0.15) is 11.5 Å². The minimum Gasteiger partial charge on any atom is -0.466 e. The smallest absolute Gasteiger partial charge is 0.338 e. The summed E-state index contributed by atoms with van der Waals surface area (Å²) >= 11 is 1.20. The Kier molecular flexibility index (Phi) is 5.95. The highest BCUT2D eigenvalue weighted by Gasteiger charge is 2.32. The molecule has 1 aliphatic rings. The standard InChI is InChI=1S/C26H19N3O6S/c1-15-22(25(31)34-2)23(17-6-4-3-5-7-17)28-24(30)21(36-26(28)27-15)14-19-12-13-20(35-19)16-8-10-18(11-9-16)29(32)33/h3-14,23H,1-2H3. The SMILES string of the molecule is COC(=O)C1=C(C)N=c2sc(=Cc3ccc(-c4ccc([N+](=O)[O-])cc4)o3)c(=O)n2C1c1ccccc1. The Morgan fingerprint density at radius 3 is 2.53 bits per heavy atom. The molecular weight excluding hydrogens is 482 g/mol. The van der Waals surface area contributed by atoms with E-state index in [4.69, 9.17) is 9.15 Å². The fourth-order valence-electron chi connectivity index (χ4n) is 4.11. The number of nitrogens with zero attached hydrogens (tertiary/aromatic N) is 3. The largest absolute Gasteiger partial charge is 0.466 e. The van der Waals surface area contributed by atoms with Gasteiger partial charge in [0.25, 0.3) is 11.2 Å². The molecule has 1 atom stereocenters. The van der Waals surface area contributed by atoms with Gasteiger partial charge >= 0.3 is 5.97 Å². The first-order chi connectivity index (χ1) is 17.4.